The molecule has 106 valence electrons. The van der Waals surface area contributed by atoms with Crippen LogP contribution in [-0.4, -0.2) is 11.6 Å². The molecule has 0 amide bonds. The number of aromatic nitrogens is 1. The van der Waals surface area contributed by atoms with Crippen LogP contribution in [0.5, 0.6) is 5.75 Å². The summed E-state index contributed by atoms with van der Waals surface area (Å²) in [5.74, 6) is 0.197. The molecule has 1 aromatic carbocycles. The first-order valence-electron chi connectivity index (χ1n) is 6.34. The fourth-order valence-corrected chi connectivity index (χ4v) is 1.86. The Morgan fingerprint density at radius 3 is 2.60 bits per heavy atom. The molecule has 20 heavy (non-hydrogen) atoms. The zero-order valence-corrected chi connectivity index (χ0v) is 11.1. The van der Waals surface area contributed by atoms with Crippen molar-refractivity contribution in [3.63, 3.8) is 0 Å². The molecule has 0 aliphatic rings. The second-order valence-electron chi connectivity index (χ2n) is 4.34. The van der Waals surface area contributed by atoms with Gasteiger partial charge in [0.2, 0.25) is 0 Å². The normalized spacial score (nSPS) is 12.4. The quantitative estimate of drug-likeness (QED) is 0.877. The van der Waals surface area contributed by atoms with E-state index in [1.807, 2.05) is 25.1 Å². The van der Waals surface area contributed by atoms with Crippen molar-refractivity contribution >= 4 is 0 Å². The topological polar surface area (TPSA) is 34.1 Å². The molecule has 0 aliphatic carbocycles. The van der Waals surface area contributed by atoms with Crippen molar-refractivity contribution in [3.8, 4) is 5.75 Å². The van der Waals surface area contributed by atoms with Gasteiger partial charge in [0.25, 0.3) is 0 Å². The SMILES string of the molecule is CC(NCc1ccccc1OC(F)F)c1ccccn1. The number of alkyl halides is 2. The Balaban J connectivity index is 2.00. The lowest BCUT2D eigenvalue weighted by molar-refractivity contribution is -0.0505. The molecule has 0 aliphatic heterocycles. The molecule has 1 unspecified atom stereocenters. The first kappa shape index (κ1) is 14.4. The highest BCUT2D eigenvalue weighted by molar-refractivity contribution is 5.33. The van der Waals surface area contributed by atoms with Gasteiger partial charge in [-0.15, -0.1) is 0 Å². The number of rotatable bonds is 6. The highest BCUT2D eigenvalue weighted by atomic mass is 19.3. The van der Waals surface area contributed by atoms with E-state index in [1.54, 1.807) is 24.4 Å². The zero-order chi connectivity index (χ0) is 14.4. The summed E-state index contributed by atoms with van der Waals surface area (Å²) in [5, 5.41) is 3.24. The van der Waals surface area contributed by atoms with Crippen LogP contribution in [0.2, 0.25) is 0 Å². The molecule has 0 saturated carbocycles. The highest BCUT2D eigenvalue weighted by Gasteiger charge is 2.11. The van der Waals surface area contributed by atoms with E-state index in [4.69, 9.17) is 0 Å². The second kappa shape index (κ2) is 6.96. The second-order valence-corrected chi connectivity index (χ2v) is 4.34. The number of hydrogen-bond donors (Lipinski definition) is 1. The summed E-state index contributed by atoms with van der Waals surface area (Å²) in [5.41, 5.74) is 1.59. The summed E-state index contributed by atoms with van der Waals surface area (Å²) in [6.45, 7) is -0.413. The molecule has 1 atom stereocenters. The van der Waals surface area contributed by atoms with Crippen LogP contribution in [-0.2, 0) is 6.54 Å². The molecule has 1 aromatic heterocycles. The van der Waals surface area contributed by atoms with E-state index in [2.05, 4.69) is 15.0 Å². The average Bonchev–Trinajstić information content (AvgIpc) is 2.46. The maximum Gasteiger partial charge on any atom is 0.387 e. The monoisotopic (exact) mass is 278 g/mol. The van der Waals surface area contributed by atoms with Crippen molar-refractivity contribution in [1.29, 1.82) is 0 Å². The third-order valence-electron chi connectivity index (χ3n) is 2.92. The molecular weight excluding hydrogens is 262 g/mol. The van der Waals surface area contributed by atoms with E-state index in [0.29, 0.717) is 12.1 Å². The van der Waals surface area contributed by atoms with Gasteiger partial charge in [0, 0.05) is 24.3 Å². The number of halogens is 2. The van der Waals surface area contributed by atoms with Gasteiger partial charge in [-0.05, 0) is 25.1 Å². The van der Waals surface area contributed by atoms with Crippen molar-refractivity contribution in [2.45, 2.75) is 26.1 Å². The molecule has 0 spiro atoms. The Morgan fingerprint density at radius 1 is 1.15 bits per heavy atom. The fourth-order valence-electron chi connectivity index (χ4n) is 1.86. The van der Waals surface area contributed by atoms with E-state index in [-0.39, 0.29) is 11.8 Å². The summed E-state index contributed by atoms with van der Waals surface area (Å²) in [6, 6.07) is 12.5. The predicted octanol–water partition coefficient (Wildman–Crippen LogP) is 3.53. The Morgan fingerprint density at radius 2 is 1.90 bits per heavy atom. The molecule has 1 heterocycles. The van der Waals surface area contributed by atoms with Crippen LogP contribution < -0.4 is 10.1 Å². The summed E-state index contributed by atoms with van der Waals surface area (Å²) >= 11 is 0. The molecule has 0 radical (unpaired) electrons. The maximum absolute atomic E-state index is 12.3. The first-order chi connectivity index (χ1) is 9.66. The van der Waals surface area contributed by atoms with E-state index >= 15 is 0 Å². The molecule has 0 saturated heterocycles. The van der Waals surface area contributed by atoms with Gasteiger partial charge in [-0.3, -0.25) is 4.98 Å². The largest absolute Gasteiger partial charge is 0.434 e. The number of hydrogen-bond acceptors (Lipinski definition) is 3. The van der Waals surface area contributed by atoms with E-state index in [1.165, 1.54) is 6.07 Å². The molecular formula is C15H16F2N2O. The van der Waals surface area contributed by atoms with E-state index in [0.717, 1.165) is 5.69 Å². The number of para-hydroxylation sites is 1. The smallest absolute Gasteiger partial charge is 0.387 e. The Kier molecular flexibility index (Phi) is 5.01. The Hall–Kier alpha value is -2.01. The summed E-state index contributed by atoms with van der Waals surface area (Å²) in [4.78, 5) is 4.25. The Labute approximate surface area is 116 Å². The van der Waals surface area contributed by atoms with E-state index < -0.39 is 6.61 Å². The number of pyridine rings is 1. The van der Waals surface area contributed by atoms with Crippen LogP contribution in [0.1, 0.15) is 24.2 Å². The van der Waals surface area contributed by atoms with Gasteiger partial charge in [0.1, 0.15) is 5.75 Å². The molecule has 2 aromatic rings. The molecule has 3 nitrogen and oxygen atoms in total. The van der Waals surface area contributed by atoms with Crippen LogP contribution in [0.4, 0.5) is 8.78 Å². The minimum absolute atomic E-state index is 0.0239. The highest BCUT2D eigenvalue weighted by Crippen LogP contribution is 2.21. The van der Waals surface area contributed by atoms with Crippen LogP contribution >= 0.6 is 0 Å². The lowest BCUT2D eigenvalue weighted by Crippen LogP contribution is -2.19. The first-order valence-corrected chi connectivity index (χ1v) is 6.34. The van der Waals surface area contributed by atoms with Gasteiger partial charge in [0.15, 0.2) is 0 Å². The fraction of sp³-hybridized carbons (Fsp3) is 0.267. The minimum atomic E-state index is -2.82. The van der Waals surface area contributed by atoms with Gasteiger partial charge < -0.3 is 10.1 Å². The molecule has 5 heteroatoms. The van der Waals surface area contributed by atoms with Crippen LogP contribution in [0.15, 0.2) is 48.7 Å². The average molecular weight is 278 g/mol. The van der Waals surface area contributed by atoms with Crippen molar-refractivity contribution < 1.29 is 13.5 Å². The number of benzene rings is 1. The summed E-state index contributed by atoms with van der Waals surface area (Å²) in [6.07, 6.45) is 1.72. The molecule has 0 fully saturated rings. The van der Waals surface area contributed by atoms with Crippen molar-refractivity contribution in [1.82, 2.24) is 10.3 Å². The lowest BCUT2D eigenvalue weighted by Gasteiger charge is -2.15. The van der Waals surface area contributed by atoms with Gasteiger partial charge in [-0.25, -0.2) is 0 Å². The standard InChI is InChI=1S/C15H16F2N2O/c1-11(13-7-4-5-9-18-13)19-10-12-6-2-3-8-14(12)20-15(16)17/h2-9,11,15,19H,10H2,1H3. The van der Waals surface area contributed by atoms with Gasteiger partial charge in [-0.1, -0.05) is 24.3 Å². The van der Waals surface area contributed by atoms with Gasteiger partial charge in [-0.2, -0.15) is 8.78 Å². The lowest BCUT2D eigenvalue weighted by atomic mass is 10.1. The Bertz CT molecular complexity index is 534. The molecule has 2 rings (SSSR count). The maximum atomic E-state index is 12.3. The molecule has 0 bridgehead atoms. The van der Waals surface area contributed by atoms with Gasteiger partial charge in [0.05, 0.1) is 5.69 Å². The summed E-state index contributed by atoms with van der Waals surface area (Å²) in [7, 11) is 0. The number of nitrogens with zero attached hydrogens (tertiary/aromatic N) is 1. The third-order valence-corrected chi connectivity index (χ3v) is 2.92. The predicted molar refractivity (Wildman–Crippen MR) is 72.6 cm³/mol. The number of ether oxygens (including phenoxy) is 1. The van der Waals surface area contributed by atoms with Crippen LogP contribution in [0.25, 0.3) is 0 Å². The van der Waals surface area contributed by atoms with Crippen LogP contribution in [0, 0.1) is 0 Å². The van der Waals surface area contributed by atoms with Crippen molar-refractivity contribution in [2.24, 2.45) is 0 Å². The minimum Gasteiger partial charge on any atom is -0.434 e. The van der Waals surface area contributed by atoms with E-state index in [9.17, 15) is 8.78 Å². The van der Waals surface area contributed by atoms with Crippen LogP contribution in [0.3, 0.4) is 0 Å². The van der Waals surface area contributed by atoms with Crippen molar-refractivity contribution in [3.05, 3.63) is 59.9 Å². The van der Waals surface area contributed by atoms with Crippen molar-refractivity contribution in [2.75, 3.05) is 0 Å². The third kappa shape index (κ3) is 3.99. The molecule has 1 N–H and O–H groups in total. The number of nitrogens with one attached hydrogen (secondary N) is 1. The zero-order valence-electron chi connectivity index (χ0n) is 11.1. The summed E-state index contributed by atoms with van der Waals surface area (Å²) < 4.78 is 29.1. The van der Waals surface area contributed by atoms with Gasteiger partial charge >= 0.3 is 6.61 Å².